The zero-order valence-corrected chi connectivity index (χ0v) is 17.1. The minimum absolute atomic E-state index is 0.00987. The van der Waals surface area contributed by atoms with E-state index in [-0.39, 0.29) is 12.5 Å². The van der Waals surface area contributed by atoms with Gasteiger partial charge in [0.05, 0.1) is 4.88 Å². The first-order valence-corrected chi connectivity index (χ1v) is 10.4. The fraction of sp³-hybridized carbons (Fsp3) is 0.136. The van der Waals surface area contributed by atoms with Crippen molar-refractivity contribution in [3.63, 3.8) is 0 Å². The van der Waals surface area contributed by atoms with Crippen molar-refractivity contribution in [2.24, 2.45) is 0 Å². The van der Waals surface area contributed by atoms with Crippen molar-refractivity contribution in [3.8, 4) is 11.5 Å². The molecule has 31 heavy (non-hydrogen) atoms. The molecule has 2 atom stereocenters. The molecule has 0 spiro atoms. The Kier molecular flexibility index (Phi) is 6.13. The van der Waals surface area contributed by atoms with Crippen molar-refractivity contribution in [3.05, 3.63) is 82.6 Å². The molecule has 2 heterocycles. The highest BCUT2D eigenvalue weighted by Gasteiger charge is 2.29. The Morgan fingerprint density at radius 2 is 1.65 bits per heavy atom. The number of ether oxygens (including phenoxy) is 2. The van der Waals surface area contributed by atoms with Crippen LogP contribution in [0.2, 0.25) is 0 Å². The van der Waals surface area contributed by atoms with Gasteiger partial charge in [0, 0.05) is 0 Å². The van der Waals surface area contributed by atoms with E-state index in [0.717, 1.165) is 0 Å². The van der Waals surface area contributed by atoms with E-state index in [2.05, 4.69) is 16.2 Å². The van der Waals surface area contributed by atoms with Gasteiger partial charge in [-0.1, -0.05) is 48.5 Å². The van der Waals surface area contributed by atoms with Crippen LogP contribution < -0.4 is 25.6 Å². The predicted octanol–water partition coefficient (Wildman–Crippen LogP) is 2.21. The number of hydrazine groups is 1. The lowest BCUT2D eigenvalue weighted by Gasteiger charge is -2.26. The van der Waals surface area contributed by atoms with Crippen LogP contribution in [0.5, 0.6) is 11.5 Å². The summed E-state index contributed by atoms with van der Waals surface area (Å²) in [6.45, 7) is 0.00987. The van der Waals surface area contributed by atoms with Crippen LogP contribution in [0.4, 0.5) is 0 Å². The second kappa shape index (κ2) is 9.31. The van der Waals surface area contributed by atoms with E-state index in [9.17, 15) is 14.4 Å². The third-order valence-electron chi connectivity index (χ3n) is 4.53. The van der Waals surface area contributed by atoms with Crippen molar-refractivity contribution >= 4 is 29.1 Å². The van der Waals surface area contributed by atoms with Crippen LogP contribution in [0.3, 0.4) is 0 Å². The first kappa shape index (κ1) is 20.4. The largest absolute Gasteiger partial charge is 0.485 e. The minimum Gasteiger partial charge on any atom is -0.485 e. The summed E-state index contributed by atoms with van der Waals surface area (Å²) in [6, 6.07) is 18.2. The Hall–Kier alpha value is -3.85. The Morgan fingerprint density at radius 3 is 2.39 bits per heavy atom. The first-order valence-electron chi connectivity index (χ1n) is 9.49. The number of rotatable bonds is 5. The summed E-state index contributed by atoms with van der Waals surface area (Å²) in [7, 11) is 0. The normalized spacial score (nSPS) is 15.4. The van der Waals surface area contributed by atoms with Crippen LogP contribution in [0.25, 0.3) is 0 Å². The second-order valence-electron chi connectivity index (χ2n) is 6.64. The molecule has 1 aromatic heterocycles. The maximum Gasteiger partial charge on any atom is 0.283 e. The molecular formula is C22H19N3O5S. The quantitative estimate of drug-likeness (QED) is 0.531. The van der Waals surface area contributed by atoms with Gasteiger partial charge in [-0.15, -0.1) is 11.3 Å². The monoisotopic (exact) mass is 437 g/mol. The molecule has 0 aliphatic carbocycles. The molecule has 0 saturated heterocycles. The van der Waals surface area contributed by atoms with Crippen molar-refractivity contribution in [1.29, 1.82) is 0 Å². The zero-order chi connectivity index (χ0) is 21.6. The third kappa shape index (κ3) is 4.84. The van der Waals surface area contributed by atoms with E-state index < -0.39 is 24.0 Å². The summed E-state index contributed by atoms with van der Waals surface area (Å²) in [6.07, 6.45) is -0.925. The highest BCUT2D eigenvalue weighted by molar-refractivity contribution is 7.12. The predicted molar refractivity (Wildman–Crippen MR) is 114 cm³/mol. The molecule has 0 saturated carbocycles. The van der Waals surface area contributed by atoms with Gasteiger partial charge in [-0.3, -0.25) is 25.2 Å². The fourth-order valence-corrected chi connectivity index (χ4v) is 3.61. The number of thiophene rings is 1. The van der Waals surface area contributed by atoms with Crippen LogP contribution in [0, 0.1) is 0 Å². The van der Waals surface area contributed by atoms with E-state index >= 15 is 0 Å². The molecule has 8 nitrogen and oxygen atoms in total. The van der Waals surface area contributed by atoms with Gasteiger partial charge in [0.2, 0.25) is 6.10 Å². The molecule has 158 valence electrons. The number of carbonyl (C=O) groups excluding carboxylic acids is 3. The maximum absolute atomic E-state index is 12.8. The summed E-state index contributed by atoms with van der Waals surface area (Å²) in [5, 5.41) is 4.48. The van der Waals surface area contributed by atoms with E-state index in [1.165, 1.54) is 11.3 Å². The molecule has 0 fully saturated rings. The summed E-state index contributed by atoms with van der Waals surface area (Å²) in [5.41, 5.74) is 5.29. The summed E-state index contributed by atoms with van der Waals surface area (Å²) in [5.74, 6) is -0.548. The number of para-hydroxylation sites is 2. The summed E-state index contributed by atoms with van der Waals surface area (Å²) in [4.78, 5) is 38.3. The fourth-order valence-electron chi connectivity index (χ4n) is 2.98. The van der Waals surface area contributed by atoms with Gasteiger partial charge in [0.15, 0.2) is 11.5 Å². The molecule has 2 aromatic carbocycles. The summed E-state index contributed by atoms with van der Waals surface area (Å²) < 4.78 is 11.1. The van der Waals surface area contributed by atoms with Gasteiger partial charge in [0.25, 0.3) is 17.7 Å². The van der Waals surface area contributed by atoms with Crippen molar-refractivity contribution in [1.82, 2.24) is 16.2 Å². The zero-order valence-electron chi connectivity index (χ0n) is 16.2. The van der Waals surface area contributed by atoms with Crippen LogP contribution in [-0.2, 0) is 9.59 Å². The van der Waals surface area contributed by atoms with Crippen LogP contribution in [0.15, 0.2) is 72.1 Å². The topological polar surface area (TPSA) is 106 Å². The molecule has 3 N–H and O–H groups in total. The molecule has 0 unspecified atom stereocenters. The van der Waals surface area contributed by atoms with E-state index in [4.69, 9.17) is 9.47 Å². The summed E-state index contributed by atoms with van der Waals surface area (Å²) >= 11 is 1.27. The van der Waals surface area contributed by atoms with Crippen molar-refractivity contribution in [2.75, 3.05) is 6.61 Å². The molecular weight excluding hydrogens is 418 g/mol. The highest BCUT2D eigenvalue weighted by Crippen LogP contribution is 2.30. The Balaban J connectivity index is 1.40. The average Bonchev–Trinajstić information content (AvgIpc) is 3.36. The molecule has 3 aromatic rings. The van der Waals surface area contributed by atoms with Crippen molar-refractivity contribution in [2.45, 2.75) is 12.1 Å². The molecule has 9 heteroatoms. The molecule has 0 radical (unpaired) electrons. The number of nitrogens with one attached hydrogen (secondary N) is 3. The number of carbonyl (C=O) groups is 3. The number of fused-ring (bicyclic) bond motifs is 1. The van der Waals surface area contributed by atoms with E-state index in [0.29, 0.717) is 21.9 Å². The Labute approximate surface area is 182 Å². The smallest absolute Gasteiger partial charge is 0.283 e. The van der Waals surface area contributed by atoms with Crippen LogP contribution in [-0.4, -0.2) is 30.4 Å². The Bertz CT molecular complexity index is 1070. The molecule has 1 aliphatic heterocycles. The van der Waals surface area contributed by atoms with Gasteiger partial charge in [-0.05, 0) is 29.1 Å². The molecule has 3 amide bonds. The van der Waals surface area contributed by atoms with Gasteiger partial charge in [-0.2, -0.15) is 0 Å². The Morgan fingerprint density at radius 1 is 0.903 bits per heavy atom. The number of amides is 3. The SMILES string of the molecule is O=C(N[C@H](C(=O)NNC(=O)[C@@H]1COc2ccccc2O1)c1ccccc1)c1cccs1. The van der Waals surface area contributed by atoms with Gasteiger partial charge < -0.3 is 14.8 Å². The standard InChI is InChI=1S/C22H19N3O5S/c26-20(17-13-29-15-9-4-5-10-16(15)30-17)24-25-22(28)19(14-7-2-1-3-8-14)23-21(27)18-11-6-12-31-18/h1-12,17,19H,13H2,(H,23,27)(H,24,26)(H,25,28)/t17-,19-/m0/s1. The second-order valence-corrected chi connectivity index (χ2v) is 7.58. The first-order chi connectivity index (χ1) is 15.1. The van der Waals surface area contributed by atoms with Gasteiger partial charge >= 0.3 is 0 Å². The van der Waals surface area contributed by atoms with Gasteiger partial charge in [0.1, 0.15) is 12.6 Å². The number of hydrogen-bond acceptors (Lipinski definition) is 6. The highest BCUT2D eigenvalue weighted by atomic mass is 32.1. The van der Waals surface area contributed by atoms with E-state index in [1.807, 2.05) is 0 Å². The molecule has 1 aliphatic rings. The van der Waals surface area contributed by atoms with Gasteiger partial charge in [-0.25, -0.2) is 0 Å². The average molecular weight is 437 g/mol. The van der Waals surface area contributed by atoms with Crippen LogP contribution >= 0.6 is 11.3 Å². The number of hydrogen-bond donors (Lipinski definition) is 3. The minimum atomic E-state index is -1.000. The number of benzene rings is 2. The van der Waals surface area contributed by atoms with Crippen molar-refractivity contribution < 1.29 is 23.9 Å². The molecule has 0 bridgehead atoms. The lowest BCUT2D eigenvalue weighted by molar-refractivity contribution is -0.135. The van der Waals surface area contributed by atoms with Crippen LogP contribution in [0.1, 0.15) is 21.3 Å². The lowest BCUT2D eigenvalue weighted by atomic mass is 10.1. The van der Waals surface area contributed by atoms with E-state index in [1.54, 1.807) is 72.1 Å². The third-order valence-corrected chi connectivity index (χ3v) is 5.39. The lowest BCUT2D eigenvalue weighted by Crippen LogP contribution is -2.53. The molecule has 4 rings (SSSR count). The maximum atomic E-state index is 12.8.